The number of hydrogen-bond acceptors (Lipinski definition) is 3. The lowest BCUT2D eigenvalue weighted by atomic mass is 10.1. The number of fused-ring (bicyclic) bond motifs is 1. The second-order valence-corrected chi connectivity index (χ2v) is 7.86. The number of carbonyl (C=O) groups is 2. The van der Waals surface area contributed by atoms with Crippen molar-refractivity contribution < 1.29 is 14.0 Å². The Balaban J connectivity index is 1.31. The van der Waals surface area contributed by atoms with E-state index in [0.717, 1.165) is 10.9 Å². The molecule has 3 aromatic rings. The first-order valence-electron chi connectivity index (χ1n) is 9.94. The van der Waals surface area contributed by atoms with E-state index >= 15 is 0 Å². The first-order chi connectivity index (χ1) is 14.5. The summed E-state index contributed by atoms with van der Waals surface area (Å²) in [7, 11) is 0. The summed E-state index contributed by atoms with van der Waals surface area (Å²) in [6.07, 6.45) is 3.29. The standard InChI is InChI=1S/C22H22ClFN4O2/c23-17-6-5-16-13-26-28(20(16)12-17)10-2-9-25-22(30)19-7-8-21(29)27(19)14-15-3-1-4-18(24)11-15/h1,3-6,11-13,19H,2,7-10,14H2,(H,25,30). The van der Waals surface area contributed by atoms with Crippen LogP contribution in [0, 0.1) is 5.82 Å². The van der Waals surface area contributed by atoms with E-state index in [1.165, 1.54) is 17.0 Å². The molecule has 0 aliphatic carbocycles. The highest BCUT2D eigenvalue weighted by Crippen LogP contribution is 2.22. The van der Waals surface area contributed by atoms with Gasteiger partial charge in [0.05, 0.1) is 11.7 Å². The van der Waals surface area contributed by atoms with Crippen molar-refractivity contribution in [2.45, 2.75) is 38.4 Å². The van der Waals surface area contributed by atoms with Crippen molar-refractivity contribution in [2.75, 3.05) is 6.54 Å². The second-order valence-electron chi connectivity index (χ2n) is 7.42. The van der Waals surface area contributed by atoms with Gasteiger partial charge in [0.2, 0.25) is 11.8 Å². The number of nitrogens with one attached hydrogen (secondary N) is 1. The van der Waals surface area contributed by atoms with Crippen LogP contribution in [0.1, 0.15) is 24.8 Å². The Morgan fingerprint density at radius 2 is 2.13 bits per heavy atom. The molecule has 6 nitrogen and oxygen atoms in total. The molecule has 0 saturated carbocycles. The number of hydrogen-bond donors (Lipinski definition) is 1. The lowest BCUT2D eigenvalue weighted by Crippen LogP contribution is -2.44. The fourth-order valence-electron chi connectivity index (χ4n) is 3.82. The number of aromatic nitrogens is 2. The van der Waals surface area contributed by atoms with Crippen LogP contribution in [-0.4, -0.2) is 39.1 Å². The zero-order valence-corrected chi connectivity index (χ0v) is 17.1. The van der Waals surface area contributed by atoms with Gasteiger partial charge in [-0.2, -0.15) is 5.10 Å². The molecule has 1 N–H and O–H groups in total. The van der Waals surface area contributed by atoms with E-state index in [4.69, 9.17) is 11.6 Å². The summed E-state index contributed by atoms with van der Waals surface area (Å²) >= 11 is 6.06. The van der Waals surface area contributed by atoms with E-state index in [-0.39, 0.29) is 24.2 Å². The van der Waals surface area contributed by atoms with E-state index in [1.54, 1.807) is 18.3 Å². The third kappa shape index (κ3) is 4.46. The van der Waals surface area contributed by atoms with Gasteiger partial charge in [0.1, 0.15) is 11.9 Å². The third-order valence-electron chi connectivity index (χ3n) is 5.33. The molecule has 0 bridgehead atoms. The number of aryl methyl sites for hydroxylation is 1. The normalized spacial score (nSPS) is 16.4. The predicted octanol–water partition coefficient (Wildman–Crippen LogP) is 3.53. The van der Waals surface area contributed by atoms with Crippen molar-refractivity contribution in [2.24, 2.45) is 0 Å². The number of halogens is 2. The number of benzene rings is 2. The molecule has 2 amide bonds. The van der Waals surface area contributed by atoms with Gasteiger partial charge < -0.3 is 10.2 Å². The van der Waals surface area contributed by atoms with Gasteiger partial charge in [0, 0.05) is 36.5 Å². The van der Waals surface area contributed by atoms with E-state index in [2.05, 4.69) is 10.4 Å². The largest absolute Gasteiger partial charge is 0.354 e. The van der Waals surface area contributed by atoms with Crippen LogP contribution in [0.25, 0.3) is 10.9 Å². The van der Waals surface area contributed by atoms with Gasteiger partial charge in [-0.15, -0.1) is 0 Å². The molecule has 2 heterocycles. The van der Waals surface area contributed by atoms with Crippen LogP contribution in [0.3, 0.4) is 0 Å². The molecule has 0 radical (unpaired) electrons. The minimum Gasteiger partial charge on any atom is -0.354 e. The van der Waals surface area contributed by atoms with Crippen LogP contribution >= 0.6 is 11.6 Å². The number of likely N-dealkylation sites (tertiary alicyclic amines) is 1. The average molecular weight is 429 g/mol. The number of amides is 2. The highest BCUT2D eigenvalue weighted by molar-refractivity contribution is 6.31. The average Bonchev–Trinajstić information content (AvgIpc) is 3.28. The van der Waals surface area contributed by atoms with Gasteiger partial charge in [-0.3, -0.25) is 14.3 Å². The van der Waals surface area contributed by atoms with Crippen molar-refractivity contribution in [3.63, 3.8) is 0 Å². The Bertz CT molecular complexity index is 1080. The van der Waals surface area contributed by atoms with Crippen LogP contribution in [-0.2, 0) is 22.7 Å². The molecule has 4 rings (SSSR count). The molecule has 2 aromatic carbocycles. The highest BCUT2D eigenvalue weighted by atomic mass is 35.5. The molecule has 1 fully saturated rings. The Morgan fingerprint density at radius 1 is 1.27 bits per heavy atom. The van der Waals surface area contributed by atoms with Crippen molar-refractivity contribution in [3.05, 3.63) is 65.1 Å². The first kappa shape index (κ1) is 20.3. The summed E-state index contributed by atoms with van der Waals surface area (Å²) in [4.78, 5) is 26.4. The smallest absolute Gasteiger partial charge is 0.242 e. The number of carbonyl (C=O) groups excluding carboxylic acids is 2. The SMILES string of the molecule is O=C(NCCCn1ncc2ccc(Cl)cc21)C1CCC(=O)N1Cc1cccc(F)c1. The molecule has 1 saturated heterocycles. The quantitative estimate of drug-likeness (QED) is 0.585. The van der Waals surface area contributed by atoms with Gasteiger partial charge >= 0.3 is 0 Å². The van der Waals surface area contributed by atoms with Crippen molar-refractivity contribution in [1.82, 2.24) is 20.0 Å². The third-order valence-corrected chi connectivity index (χ3v) is 5.56. The van der Waals surface area contributed by atoms with Crippen LogP contribution in [0.2, 0.25) is 5.02 Å². The second kappa shape index (κ2) is 8.83. The van der Waals surface area contributed by atoms with E-state index in [9.17, 15) is 14.0 Å². The van der Waals surface area contributed by atoms with Gasteiger partial charge in [-0.1, -0.05) is 23.7 Å². The molecule has 1 atom stereocenters. The molecule has 1 unspecified atom stereocenters. The van der Waals surface area contributed by atoms with Crippen LogP contribution in [0.5, 0.6) is 0 Å². The summed E-state index contributed by atoms with van der Waals surface area (Å²) in [5.41, 5.74) is 1.63. The molecular weight excluding hydrogens is 407 g/mol. The van der Waals surface area contributed by atoms with Crippen LogP contribution < -0.4 is 5.32 Å². The fraction of sp³-hybridized carbons (Fsp3) is 0.318. The molecule has 30 heavy (non-hydrogen) atoms. The summed E-state index contributed by atoms with van der Waals surface area (Å²) in [5, 5.41) is 8.96. The Labute approximate surface area is 178 Å². The Kier molecular flexibility index (Phi) is 5.99. The number of rotatable bonds is 7. The topological polar surface area (TPSA) is 67.2 Å². The zero-order valence-electron chi connectivity index (χ0n) is 16.4. The van der Waals surface area contributed by atoms with Gasteiger partial charge in [0.25, 0.3) is 0 Å². The van der Waals surface area contributed by atoms with Crippen LogP contribution in [0.15, 0.2) is 48.7 Å². The van der Waals surface area contributed by atoms with Gasteiger partial charge in [-0.25, -0.2) is 4.39 Å². The van der Waals surface area contributed by atoms with Gasteiger partial charge in [-0.05, 0) is 48.7 Å². The minimum atomic E-state index is -0.523. The highest BCUT2D eigenvalue weighted by Gasteiger charge is 2.35. The zero-order chi connectivity index (χ0) is 21.1. The summed E-state index contributed by atoms with van der Waals surface area (Å²) in [6, 6.07) is 11.2. The maximum Gasteiger partial charge on any atom is 0.242 e. The predicted molar refractivity (Wildman–Crippen MR) is 112 cm³/mol. The van der Waals surface area contributed by atoms with Crippen LogP contribution in [0.4, 0.5) is 4.39 Å². The molecular formula is C22H22ClFN4O2. The van der Waals surface area contributed by atoms with Gasteiger partial charge in [0.15, 0.2) is 0 Å². The fourth-order valence-corrected chi connectivity index (χ4v) is 3.98. The summed E-state index contributed by atoms with van der Waals surface area (Å²) < 4.78 is 15.3. The Morgan fingerprint density at radius 3 is 2.97 bits per heavy atom. The van der Waals surface area contributed by atoms with Crippen molar-refractivity contribution >= 4 is 34.3 Å². The molecule has 1 aliphatic rings. The molecule has 1 aromatic heterocycles. The lowest BCUT2D eigenvalue weighted by molar-refractivity contribution is -0.135. The lowest BCUT2D eigenvalue weighted by Gasteiger charge is -2.24. The van der Waals surface area contributed by atoms with Crippen molar-refractivity contribution in [1.29, 1.82) is 0 Å². The minimum absolute atomic E-state index is 0.0840. The summed E-state index contributed by atoms with van der Waals surface area (Å²) in [6.45, 7) is 1.34. The van der Waals surface area contributed by atoms with E-state index in [1.807, 2.05) is 22.9 Å². The maximum atomic E-state index is 13.4. The Hall–Kier alpha value is -2.93. The first-order valence-corrected chi connectivity index (χ1v) is 10.3. The molecule has 1 aliphatic heterocycles. The summed E-state index contributed by atoms with van der Waals surface area (Å²) in [5.74, 6) is -0.613. The van der Waals surface area contributed by atoms with E-state index in [0.29, 0.717) is 42.9 Å². The molecule has 156 valence electrons. The number of nitrogens with zero attached hydrogens (tertiary/aromatic N) is 3. The van der Waals surface area contributed by atoms with Crippen molar-refractivity contribution in [3.8, 4) is 0 Å². The van der Waals surface area contributed by atoms with E-state index < -0.39 is 6.04 Å². The molecule has 8 heteroatoms. The molecule has 0 spiro atoms. The monoisotopic (exact) mass is 428 g/mol. The maximum absolute atomic E-state index is 13.4.